The van der Waals surface area contributed by atoms with E-state index in [1.165, 1.54) is 0 Å². The van der Waals surface area contributed by atoms with Crippen molar-refractivity contribution < 1.29 is 9.47 Å². The molecule has 0 fully saturated rings. The number of rotatable bonds is 5. The molecule has 1 aliphatic rings. The lowest BCUT2D eigenvalue weighted by atomic mass is 10.2. The smallest absolute Gasteiger partial charge is 0.196 e. The first-order valence-corrected chi connectivity index (χ1v) is 9.86. The summed E-state index contributed by atoms with van der Waals surface area (Å²) in [5.74, 6) is 2.24. The van der Waals surface area contributed by atoms with E-state index in [0.29, 0.717) is 25.7 Å². The molecule has 7 nitrogen and oxygen atoms in total. The molecule has 0 aliphatic carbocycles. The number of benzene rings is 2. The Labute approximate surface area is 170 Å². The van der Waals surface area contributed by atoms with Crippen LogP contribution in [0.3, 0.4) is 0 Å². The fourth-order valence-electron chi connectivity index (χ4n) is 3.13. The number of aromatic nitrogens is 2. The third-order valence-electron chi connectivity index (χ3n) is 4.50. The number of nitrogens with zero attached hydrogens (tertiary/aromatic N) is 3. The van der Waals surface area contributed by atoms with Crippen molar-refractivity contribution in [1.29, 1.82) is 0 Å². The summed E-state index contributed by atoms with van der Waals surface area (Å²) in [5, 5.41) is 11.0. The minimum Gasteiger partial charge on any atom is -0.490 e. The zero-order valence-electron chi connectivity index (χ0n) is 16.5. The van der Waals surface area contributed by atoms with Gasteiger partial charge >= 0.3 is 0 Å². The van der Waals surface area contributed by atoms with Crippen LogP contribution in [0.4, 0.5) is 5.69 Å². The molecule has 0 radical (unpaired) electrons. The van der Waals surface area contributed by atoms with Crippen LogP contribution in [0, 0.1) is 0 Å². The standard InChI is InChI=1S/C22H25N5O2/c1-2-23-22(26-18-9-10-20-21(15-18)29-14-6-13-28-20)24-16-17-7-3-4-8-19(17)27-12-5-11-25-27/h3-5,7-12,15H,2,6,13-14,16H2,1H3,(H2,23,24,26). The summed E-state index contributed by atoms with van der Waals surface area (Å²) in [6, 6.07) is 15.9. The van der Waals surface area contributed by atoms with Gasteiger partial charge < -0.3 is 20.1 Å². The number of fused-ring (bicyclic) bond motifs is 1. The Morgan fingerprint density at radius 2 is 1.97 bits per heavy atom. The molecule has 7 heteroatoms. The fraction of sp³-hybridized carbons (Fsp3) is 0.273. The Bertz CT molecular complexity index is 969. The molecule has 1 aromatic heterocycles. The summed E-state index contributed by atoms with van der Waals surface area (Å²) in [5.41, 5.74) is 3.01. The van der Waals surface area contributed by atoms with Crippen LogP contribution < -0.4 is 20.1 Å². The number of nitrogens with one attached hydrogen (secondary N) is 2. The molecule has 0 unspecified atom stereocenters. The highest BCUT2D eigenvalue weighted by Gasteiger charge is 2.11. The van der Waals surface area contributed by atoms with E-state index in [2.05, 4.69) is 21.8 Å². The Balaban J connectivity index is 1.53. The van der Waals surface area contributed by atoms with Gasteiger partial charge in [0, 0.05) is 37.1 Å². The second-order valence-electron chi connectivity index (χ2n) is 6.61. The van der Waals surface area contributed by atoms with Crippen LogP contribution in [0.25, 0.3) is 5.69 Å². The van der Waals surface area contributed by atoms with Gasteiger partial charge in [-0.25, -0.2) is 9.67 Å². The summed E-state index contributed by atoms with van der Waals surface area (Å²) >= 11 is 0. The lowest BCUT2D eigenvalue weighted by Crippen LogP contribution is -2.30. The predicted molar refractivity (Wildman–Crippen MR) is 114 cm³/mol. The van der Waals surface area contributed by atoms with Crippen molar-refractivity contribution in [2.75, 3.05) is 25.1 Å². The fourth-order valence-corrected chi connectivity index (χ4v) is 3.13. The van der Waals surface area contributed by atoms with Crippen LogP contribution in [0.1, 0.15) is 18.9 Å². The van der Waals surface area contributed by atoms with Crippen LogP contribution in [0.5, 0.6) is 11.5 Å². The van der Waals surface area contributed by atoms with E-state index in [0.717, 1.165) is 41.4 Å². The minimum atomic E-state index is 0.524. The first kappa shape index (κ1) is 18.9. The van der Waals surface area contributed by atoms with Gasteiger partial charge in [0.05, 0.1) is 25.4 Å². The molecule has 0 bridgehead atoms. The summed E-state index contributed by atoms with van der Waals surface area (Å²) in [6.45, 7) is 4.67. The summed E-state index contributed by atoms with van der Waals surface area (Å²) in [7, 11) is 0. The molecule has 4 rings (SSSR count). The maximum absolute atomic E-state index is 5.78. The number of hydrogen-bond donors (Lipinski definition) is 2. The summed E-state index contributed by atoms with van der Waals surface area (Å²) in [6.07, 6.45) is 4.59. The number of aliphatic imine (C=N–C) groups is 1. The molecular formula is C22H25N5O2. The van der Waals surface area contributed by atoms with E-state index in [-0.39, 0.29) is 0 Å². The van der Waals surface area contributed by atoms with Crippen LogP contribution in [-0.2, 0) is 6.54 Å². The normalized spacial score (nSPS) is 13.6. The monoisotopic (exact) mass is 391 g/mol. The van der Waals surface area contributed by atoms with Gasteiger partial charge in [-0.15, -0.1) is 0 Å². The van der Waals surface area contributed by atoms with Crippen LogP contribution in [0.2, 0.25) is 0 Å². The molecule has 2 aromatic carbocycles. The van der Waals surface area contributed by atoms with E-state index < -0.39 is 0 Å². The van der Waals surface area contributed by atoms with E-state index in [9.17, 15) is 0 Å². The van der Waals surface area contributed by atoms with Gasteiger partial charge in [-0.3, -0.25) is 0 Å². The van der Waals surface area contributed by atoms with Crippen molar-refractivity contribution >= 4 is 11.6 Å². The van der Waals surface area contributed by atoms with Gasteiger partial charge in [0.2, 0.25) is 0 Å². The minimum absolute atomic E-state index is 0.524. The Kier molecular flexibility index (Phi) is 5.95. The zero-order valence-corrected chi connectivity index (χ0v) is 16.5. The molecule has 1 aliphatic heterocycles. The third kappa shape index (κ3) is 4.68. The zero-order chi connectivity index (χ0) is 19.9. The number of para-hydroxylation sites is 1. The van der Waals surface area contributed by atoms with Crippen molar-refractivity contribution in [2.45, 2.75) is 19.9 Å². The van der Waals surface area contributed by atoms with Gasteiger partial charge in [0.15, 0.2) is 17.5 Å². The number of hydrogen-bond acceptors (Lipinski definition) is 4. The summed E-state index contributed by atoms with van der Waals surface area (Å²) < 4.78 is 13.3. The van der Waals surface area contributed by atoms with Gasteiger partial charge in [-0.2, -0.15) is 5.10 Å². The largest absolute Gasteiger partial charge is 0.490 e. The third-order valence-corrected chi connectivity index (χ3v) is 4.50. The Hall–Kier alpha value is -3.48. The van der Waals surface area contributed by atoms with Crippen molar-refractivity contribution in [1.82, 2.24) is 15.1 Å². The summed E-state index contributed by atoms with van der Waals surface area (Å²) in [4.78, 5) is 4.76. The highest BCUT2D eigenvalue weighted by atomic mass is 16.5. The Morgan fingerprint density at radius 1 is 1.10 bits per heavy atom. The quantitative estimate of drug-likeness (QED) is 0.513. The topological polar surface area (TPSA) is 72.7 Å². The SMILES string of the molecule is CCNC(=NCc1ccccc1-n1cccn1)Nc1ccc2c(c1)OCCCO2. The molecule has 0 amide bonds. The van der Waals surface area contributed by atoms with Crippen molar-refractivity contribution in [3.8, 4) is 17.2 Å². The second kappa shape index (κ2) is 9.14. The van der Waals surface area contributed by atoms with Crippen molar-refractivity contribution in [3.63, 3.8) is 0 Å². The van der Waals surface area contributed by atoms with Crippen LogP contribution in [-0.4, -0.2) is 35.5 Å². The number of ether oxygens (including phenoxy) is 2. The van der Waals surface area contributed by atoms with Gasteiger partial charge in [-0.1, -0.05) is 18.2 Å². The molecular weight excluding hydrogens is 366 g/mol. The first-order chi connectivity index (χ1) is 14.3. The average molecular weight is 391 g/mol. The maximum atomic E-state index is 5.78. The molecule has 0 saturated carbocycles. The molecule has 2 N–H and O–H groups in total. The van der Waals surface area contributed by atoms with Crippen LogP contribution >= 0.6 is 0 Å². The molecule has 0 saturated heterocycles. The maximum Gasteiger partial charge on any atom is 0.196 e. The van der Waals surface area contributed by atoms with E-state index >= 15 is 0 Å². The van der Waals surface area contributed by atoms with E-state index in [1.807, 2.05) is 60.3 Å². The highest BCUT2D eigenvalue weighted by Crippen LogP contribution is 2.32. The molecule has 150 valence electrons. The molecule has 0 spiro atoms. The highest BCUT2D eigenvalue weighted by molar-refractivity contribution is 5.94. The van der Waals surface area contributed by atoms with Crippen molar-refractivity contribution in [3.05, 3.63) is 66.5 Å². The lowest BCUT2D eigenvalue weighted by Gasteiger charge is -2.14. The van der Waals surface area contributed by atoms with E-state index in [4.69, 9.17) is 14.5 Å². The average Bonchev–Trinajstić information content (AvgIpc) is 3.18. The van der Waals surface area contributed by atoms with Gasteiger partial charge in [-0.05, 0) is 36.8 Å². The van der Waals surface area contributed by atoms with E-state index in [1.54, 1.807) is 6.20 Å². The van der Waals surface area contributed by atoms with Gasteiger partial charge in [0.1, 0.15) is 0 Å². The molecule has 0 atom stereocenters. The predicted octanol–water partition coefficient (Wildman–Crippen LogP) is 3.61. The Morgan fingerprint density at radius 3 is 2.79 bits per heavy atom. The lowest BCUT2D eigenvalue weighted by molar-refractivity contribution is 0.297. The second-order valence-corrected chi connectivity index (χ2v) is 6.61. The number of guanidine groups is 1. The molecule has 2 heterocycles. The van der Waals surface area contributed by atoms with Crippen molar-refractivity contribution in [2.24, 2.45) is 4.99 Å². The van der Waals surface area contributed by atoms with Gasteiger partial charge in [0.25, 0.3) is 0 Å². The number of anilines is 1. The molecule has 29 heavy (non-hydrogen) atoms. The molecule has 3 aromatic rings. The first-order valence-electron chi connectivity index (χ1n) is 9.86. The van der Waals surface area contributed by atoms with Crippen LogP contribution in [0.15, 0.2) is 65.9 Å².